The van der Waals surface area contributed by atoms with Gasteiger partial charge in [-0.15, -0.1) is 0 Å². The van der Waals surface area contributed by atoms with Crippen LogP contribution in [0.2, 0.25) is 0 Å². The van der Waals surface area contributed by atoms with Crippen molar-refractivity contribution in [3.05, 3.63) is 18.3 Å². The van der Waals surface area contributed by atoms with Gasteiger partial charge in [-0.2, -0.15) is 0 Å². The van der Waals surface area contributed by atoms with Gasteiger partial charge in [0.25, 0.3) is 0 Å². The number of hydrogen-bond acceptors (Lipinski definition) is 5. The topological polar surface area (TPSA) is 43.8 Å². The Morgan fingerprint density at radius 1 is 1.28 bits per heavy atom. The molecule has 0 N–H and O–H groups in total. The van der Waals surface area contributed by atoms with E-state index in [0.29, 0.717) is 25.5 Å². The lowest BCUT2D eigenvalue weighted by molar-refractivity contribution is 0.00578. The van der Waals surface area contributed by atoms with Crippen molar-refractivity contribution < 1.29 is 18.4 Å². The van der Waals surface area contributed by atoms with Crippen LogP contribution in [-0.4, -0.2) is 60.6 Å². The quantitative estimate of drug-likeness (QED) is 0.581. The average molecular weight is 350 g/mol. The van der Waals surface area contributed by atoms with E-state index in [1.807, 2.05) is 39.8 Å². The predicted molar refractivity (Wildman–Crippen MR) is 96.0 cm³/mol. The Kier molecular flexibility index (Phi) is 5.37. The summed E-state index contributed by atoms with van der Waals surface area (Å²) in [5, 5.41) is 0. The predicted octanol–water partition coefficient (Wildman–Crippen LogP) is 2.19. The summed E-state index contributed by atoms with van der Waals surface area (Å²) < 4.78 is 30.8. The molecule has 0 unspecified atom stereocenters. The number of aromatic nitrogens is 1. The summed E-state index contributed by atoms with van der Waals surface area (Å²) >= 11 is 0. The smallest absolute Gasteiger partial charge is 0.478 e. The fourth-order valence-electron chi connectivity index (χ4n) is 3.05. The molecule has 2 aliphatic heterocycles. The highest BCUT2D eigenvalue weighted by molar-refractivity contribution is 6.62. The molecule has 0 aliphatic carbocycles. The van der Waals surface area contributed by atoms with E-state index in [4.69, 9.17) is 14.0 Å². The molecule has 3 heterocycles. The molecule has 1 aromatic heterocycles. The first-order valence-electron chi connectivity index (χ1n) is 9.08. The first kappa shape index (κ1) is 18.6. The lowest BCUT2D eigenvalue weighted by atomic mass is 9.80. The molecular formula is C18H28BFN2O3. The van der Waals surface area contributed by atoms with Gasteiger partial charge >= 0.3 is 7.12 Å². The molecule has 0 bridgehead atoms. The normalized spacial score (nSPS) is 25.5. The molecule has 0 saturated carbocycles. The van der Waals surface area contributed by atoms with Crippen LogP contribution in [0.3, 0.4) is 0 Å². The van der Waals surface area contributed by atoms with Crippen LogP contribution >= 0.6 is 0 Å². The van der Waals surface area contributed by atoms with E-state index in [1.54, 1.807) is 6.20 Å². The lowest BCUT2D eigenvalue weighted by Crippen LogP contribution is -2.41. The highest BCUT2D eigenvalue weighted by atomic mass is 19.1. The summed E-state index contributed by atoms with van der Waals surface area (Å²) in [4.78, 5) is 6.49. The van der Waals surface area contributed by atoms with E-state index < -0.39 is 13.3 Å². The van der Waals surface area contributed by atoms with Crippen molar-refractivity contribution in [1.29, 1.82) is 0 Å². The van der Waals surface area contributed by atoms with Crippen molar-refractivity contribution >= 4 is 12.6 Å². The second-order valence-electron chi connectivity index (χ2n) is 7.91. The molecule has 2 saturated heterocycles. The molecular weight excluding hydrogens is 322 g/mol. The number of nitrogens with zero attached hydrogens (tertiary/aromatic N) is 2. The van der Waals surface area contributed by atoms with Crippen LogP contribution in [0.1, 0.15) is 40.5 Å². The van der Waals surface area contributed by atoms with E-state index in [-0.39, 0.29) is 11.2 Å². The van der Waals surface area contributed by atoms with Crippen molar-refractivity contribution in [1.82, 2.24) is 9.88 Å². The average Bonchev–Trinajstić information content (AvgIpc) is 3.05. The highest BCUT2D eigenvalue weighted by Gasteiger charge is 2.51. The van der Waals surface area contributed by atoms with E-state index >= 15 is 0 Å². The summed E-state index contributed by atoms with van der Waals surface area (Å²) in [7, 11) is -0.407. The molecule has 25 heavy (non-hydrogen) atoms. The fourth-order valence-corrected chi connectivity index (χ4v) is 3.05. The minimum Gasteiger partial charge on any atom is -0.478 e. The SMILES string of the molecule is CC1(C)OB(c2ccc(OCCCN3CC[C@@H](F)C3)nc2)OC1(C)C. The Labute approximate surface area is 150 Å². The molecule has 1 atom stereocenters. The van der Waals surface area contributed by atoms with Crippen LogP contribution in [0.25, 0.3) is 0 Å². The van der Waals surface area contributed by atoms with Crippen LogP contribution in [0.5, 0.6) is 5.88 Å². The highest BCUT2D eigenvalue weighted by Crippen LogP contribution is 2.36. The summed E-state index contributed by atoms with van der Waals surface area (Å²) in [6.07, 6.45) is 2.60. The molecule has 1 aromatic rings. The Balaban J connectivity index is 1.45. The van der Waals surface area contributed by atoms with E-state index in [2.05, 4.69) is 9.88 Å². The molecule has 3 rings (SSSR count). The van der Waals surface area contributed by atoms with Crippen molar-refractivity contribution in [3.63, 3.8) is 0 Å². The summed E-state index contributed by atoms with van der Waals surface area (Å²) in [6, 6.07) is 3.77. The van der Waals surface area contributed by atoms with Crippen molar-refractivity contribution in [2.24, 2.45) is 0 Å². The zero-order chi connectivity index (χ0) is 18.1. The number of rotatable bonds is 6. The fraction of sp³-hybridized carbons (Fsp3) is 0.722. The van der Waals surface area contributed by atoms with E-state index in [1.165, 1.54) is 0 Å². The third-order valence-electron chi connectivity index (χ3n) is 5.37. The molecule has 2 aliphatic rings. The molecule has 138 valence electrons. The number of alkyl halides is 1. The van der Waals surface area contributed by atoms with Gasteiger partial charge in [0, 0.05) is 31.3 Å². The minimum absolute atomic E-state index is 0.360. The molecule has 0 amide bonds. The summed E-state index contributed by atoms with van der Waals surface area (Å²) in [6.45, 7) is 11.0. The number of pyridine rings is 1. The minimum atomic E-state index is -0.662. The summed E-state index contributed by atoms with van der Waals surface area (Å²) in [5.74, 6) is 0.588. The Hall–Kier alpha value is -1.18. The Morgan fingerprint density at radius 3 is 2.56 bits per heavy atom. The van der Waals surface area contributed by atoms with Crippen molar-refractivity contribution in [2.45, 2.75) is 57.9 Å². The second-order valence-corrected chi connectivity index (χ2v) is 7.91. The van der Waals surface area contributed by atoms with Gasteiger partial charge in [0.05, 0.1) is 17.8 Å². The third kappa shape index (κ3) is 4.33. The molecule has 0 spiro atoms. The van der Waals surface area contributed by atoms with Gasteiger partial charge in [0.15, 0.2) is 0 Å². The molecule has 2 fully saturated rings. The zero-order valence-corrected chi connectivity index (χ0v) is 15.6. The monoisotopic (exact) mass is 350 g/mol. The van der Waals surface area contributed by atoms with Crippen molar-refractivity contribution in [2.75, 3.05) is 26.2 Å². The molecule has 5 nitrogen and oxygen atoms in total. The van der Waals surface area contributed by atoms with Gasteiger partial charge in [-0.3, -0.25) is 0 Å². The first-order chi connectivity index (χ1) is 11.8. The third-order valence-corrected chi connectivity index (χ3v) is 5.37. The van der Waals surface area contributed by atoms with Crippen LogP contribution in [0.15, 0.2) is 18.3 Å². The van der Waals surface area contributed by atoms with Gasteiger partial charge in [0.1, 0.15) is 6.17 Å². The van der Waals surface area contributed by atoms with Gasteiger partial charge in [-0.05, 0) is 46.6 Å². The Bertz CT molecular complexity index is 566. The Morgan fingerprint density at radius 2 is 2.00 bits per heavy atom. The second kappa shape index (κ2) is 7.21. The van der Waals surface area contributed by atoms with Gasteiger partial charge in [-0.25, -0.2) is 9.37 Å². The standard InChI is InChI=1S/C18H28BFN2O3/c1-17(2)18(3,4)25-19(24-17)14-6-7-16(21-12-14)23-11-5-9-22-10-8-15(20)13-22/h6-7,12,15H,5,8-11,13H2,1-4H3/t15-/m1/s1. The largest absolute Gasteiger partial charge is 0.496 e. The number of likely N-dealkylation sites (tertiary alicyclic amines) is 1. The van der Waals surface area contributed by atoms with Crippen LogP contribution in [0, 0.1) is 0 Å². The van der Waals surface area contributed by atoms with Crippen LogP contribution < -0.4 is 10.2 Å². The van der Waals surface area contributed by atoms with Crippen LogP contribution in [-0.2, 0) is 9.31 Å². The number of halogens is 1. The van der Waals surface area contributed by atoms with Gasteiger partial charge < -0.3 is 18.9 Å². The maximum absolute atomic E-state index is 13.1. The van der Waals surface area contributed by atoms with Crippen LogP contribution in [0.4, 0.5) is 4.39 Å². The number of hydrogen-bond donors (Lipinski definition) is 0. The lowest BCUT2D eigenvalue weighted by Gasteiger charge is -2.32. The van der Waals surface area contributed by atoms with E-state index in [9.17, 15) is 4.39 Å². The van der Waals surface area contributed by atoms with E-state index in [0.717, 1.165) is 25.0 Å². The maximum atomic E-state index is 13.1. The molecule has 7 heteroatoms. The maximum Gasteiger partial charge on any atom is 0.496 e. The first-order valence-corrected chi connectivity index (χ1v) is 9.08. The number of ether oxygens (including phenoxy) is 1. The van der Waals surface area contributed by atoms with Crippen molar-refractivity contribution in [3.8, 4) is 5.88 Å². The zero-order valence-electron chi connectivity index (χ0n) is 15.6. The van der Waals surface area contributed by atoms with Gasteiger partial charge in [-0.1, -0.05) is 6.07 Å². The molecule has 0 aromatic carbocycles. The summed E-state index contributed by atoms with van der Waals surface area (Å²) in [5.41, 5.74) is 0.166. The molecule has 0 radical (unpaired) electrons. The van der Waals surface area contributed by atoms with Gasteiger partial charge in [0.2, 0.25) is 5.88 Å².